The van der Waals surface area contributed by atoms with E-state index in [-0.39, 0.29) is 11.2 Å². The van der Waals surface area contributed by atoms with E-state index in [4.69, 9.17) is 0 Å². The molecule has 6 heteroatoms. The van der Waals surface area contributed by atoms with Crippen molar-refractivity contribution in [3.05, 3.63) is 24.4 Å². The monoisotopic (exact) mass is 306 g/mol. The third-order valence-corrected chi connectivity index (χ3v) is 5.26. The zero-order chi connectivity index (χ0) is 14.7. The Morgan fingerprint density at radius 2 is 2.24 bits per heavy atom. The largest absolute Gasteiger partial charge is 0.354 e. The molecule has 1 aromatic heterocycles. The number of carbonyl (C=O) groups excluding carboxylic acids is 1. The van der Waals surface area contributed by atoms with Gasteiger partial charge in [-0.2, -0.15) is 0 Å². The molecule has 1 N–H and O–H groups in total. The van der Waals surface area contributed by atoms with E-state index in [1.54, 1.807) is 6.20 Å². The molecule has 0 aliphatic carbocycles. The molecule has 0 radical (unpaired) electrons. The first-order valence-electron chi connectivity index (χ1n) is 7.54. The van der Waals surface area contributed by atoms with Gasteiger partial charge >= 0.3 is 0 Å². The fourth-order valence-electron chi connectivity index (χ4n) is 2.93. The van der Waals surface area contributed by atoms with Crippen molar-refractivity contribution in [2.24, 2.45) is 0 Å². The van der Waals surface area contributed by atoms with Gasteiger partial charge in [0, 0.05) is 51.5 Å². The summed E-state index contributed by atoms with van der Waals surface area (Å²) in [6.45, 7) is 8.40. The second kappa shape index (κ2) is 6.77. The fourth-order valence-corrected chi connectivity index (χ4v) is 3.76. The highest BCUT2D eigenvalue weighted by atomic mass is 32.2. The van der Waals surface area contributed by atoms with Gasteiger partial charge in [-0.25, -0.2) is 4.98 Å². The third kappa shape index (κ3) is 3.75. The Labute approximate surface area is 130 Å². The number of hydrogen-bond donors (Lipinski definition) is 1. The lowest BCUT2D eigenvalue weighted by atomic mass is 10.1. The molecule has 4 rings (SSSR count). The summed E-state index contributed by atoms with van der Waals surface area (Å²) < 4.78 is 0. The number of nitrogens with one attached hydrogen (secondary N) is 1. The molecule has 3 aliphatic rings. The predicted octanol–water partition coefficient (Wildman–Crippen LogP) is 0.678. The number of rotatable bonds is 5. The lowest BCUT2D eigenvalue weighted by Crippen LogP contribution is -2.63. The van der Waals surface area contributed by atoms with Gasteiger partial charge in [0.05, 0.1) is 10.3 Å². The molecule has 2 bridgehead atoms. The van der Waals surface area contributed by atoms with Crippen LogP contribution in [0.3, 0.4) is 0 Å². The van der Waals surface area contributed by atoms with Crippen molar-refractivity contribution in [3.63, 3.8) is 0 Å². The molecule has 3 aliphatic heterocycles. The summed E-state index contributed by atoms with van der Waals surface area (Å²) in [5.74, 6) is 0.100. The number of carbonyl (C=O) groups is 1. The summed E-state index contributed by atoms with van der Waals surface area (Å²) in [6, 6.07) is 6.24. The molecule has 0 spiro atoms. The minimum absolute atomic E-state index is 0.100. The molecule has 2 atom stereocenters. The first-order valence-corrected chi connectivity index (χ1v) is 8.42. The van der Waals surface area contributed by atoms with E-state index in [9.17, 15) is 4.79 Å². The molecule has 0 unspecified atom stereocenters. The number of nitrogens with zero attached hydrogens (tertiary/aromatic N) is 3. The molecule has 114 valence electrons. The summed E-state index contributed by atoms with van der Waals surface area (Å²) in [4.78, 5) is 21.4. The maximum atomic E-state index is 12.2. The number of aromatic nitrogens is 1. The van der Waals surface area contributed by atoms with Crippen LogP contribution >= 0.6 is 11.8 Å². The Hall–Kier alpha value is -1.11. The summed E-state index contributed by atoms with van der Waals surface area (Å²) in [7, 11) is 0. The quantitative estimate of drug-likeness (QED) is 0.811. The van der Waals surface area contributed by atoms with Crippen LogP contribution in [0.1, 0.15) is 6.92 Å². The van der Waals surface area contributed by atoms with Crippen molar-refractivity contribution in [2.75, 3.05) is 39.3 Å². The Balaban J connectivity index is 1.45. The van der Waals surface area contributed by atoms with Gasteiger partial charge in [0.15, 0.2) is 0 Å². The summed E-state index contributed by atoms with van der Waals surface area (Å²) in [5, 5.41) is 3.88. The van der Waals surface area contributed by atoms with Crippen LogP contribution in [0, 0.1) is 0 Å². The molecule has 3 saturated heterocycles. The van der Waals surface area contributed by atoms with Crippen molar-refractivity contribution in [3.8, 4) is 0 Å². The highest BCUT2D eigenvalue weighted by Crippen LogP contribution is 2.20. The first kappa shape index (κ1) is 14.8. The first-order chi connectivity index (χ1) is 10.2. The van der Waals surface area contributed by atoms with E-state index < -0.39 is 0 Å². The SMILES string of the molecule is C[C@@H](Sc1ccccn1)C(=O)NC[C@H]1CN2CCN1CC2. The summed E-state index contributed by atoms with van der Waals surface area (Å²) in [5.41, 5.74) is 0. The van der Waals surface area contributed by atoms with E-state index in [2.05, 4.69) is 20.1 Å². The number of hydrogen-bond acceptors (Lipinski definition) is 5. The minimum atomic E-state index is -0.115. The predicted molar refractivity (Wildman–Crippen MR) is 84.4 cm³/mol. The van der Waals surface area contributed by atoms with Gasteiger partial charge in [-0.05, 0) is 19.1 Å². The Morgan fingerprint density at radius 3 is 2.86 bits per heavy atom. The zero-order valence-corrected chi connectivity index (χ0v) is 13.2. The van der Waals surface area contributed by atoms with Gasteiger partial charge in [0.2, 0.25) is 5.91 Å². The van der Waals surface area contributed by atoms with Crippen molar-refractivity contribution in [1.29, 1.82) is 0 Å². The van der Waals surface area contributed by atoms with E-state index >= 15 is 0 Å². The Kier molecular flexibility index (Phi) is 4.77. The molecule has 5 nitrogen and oxygen atoms in total. The molecule has 3 fully saturated rings. The number of amides is 1. The molecular weight excluding hydrogens is 284 g/mol. The van der Waals surface area contributed by atoms with Gasteiger partial charge < -0.3 is 5.32 Å². The third-order valence-electron chi connectivity index (χ3n) is 4.21. The molecule has 1 aromatic rings. The number of piperazine rings is 3. The van der Waals surface area contributed by atoms with Gasteiger partial charge in [-0.1, -0.05) is 17.8 Å². The van der Waals surface area contributed by atoms with Crippen LogP contribution in [0.4, 0.5) is 0 Å². The summed E-state index contributed by atoms with van der Waals surface area (Å²) in [6.07, 6.45) is 1.76. The normalized spacial score (nSPS) is 29.1. The van der Waals surface area contributed by atoms with Gasteiger partial charge in [0.25, 0.3) is 0 Å². The smallest absolute Gasteiger partial charge is 0.233 e. The van der Waals surface area contributed by atoms with E-state index in [0.717, 1.165) is 31.2 Å². The van der Waals surface area contributed by atoms with Gasteiger partial charge in [0.1, 0.15) is 0 Å². The van der Waals surface area contributed by atoms with Crippen molar-refractivity contribution in [2.45, 2.75) is 23.2 Å². The highest BCUT2D eigenvalue weighted by Gasteiger charge is 2.32. The van der Waals surface area contributed by atoms with Crippen LogP contribution in [0.2, 0.25) is 0 Å². The van der Waals surface area contributed by atoms with Crippen LogP contribution in [0.25, 0.3) is 0 Å². The summed E-state index contributed by atoms with van der Waals surface area (Å²) >= 11 is 1.51. The number of thioether (sulfide) groups is 1. The maximum absolute atomic E-state index is 12.2. The van der Waals surface area contributed by atoms with Gasteiger partial charge in [-0.15, -0.1) is 0 Å². The lowest BCUT2D eigenvalue weighted by Gasteiger charge is -2.47. The molecule has 4 heterocycles. The van der Waals surface area contributed by atoms with Crippen LogP contribution in [-0.2, 0) is 4.79 Å². The Morgan fingerprint density at radius 1 is 1.43 bits per heavy atom. The second-order valence-corrected chi connectivity index (χ2v) is 7.02. The highest BCUT2D eigenvalue weighted by molar-refractivity contribution is 8.00. The maximum Gasteiger partial charge on any atom is 0.233 e. The van der Waals surface area contributed by atoms with Crippen LogP contribution in [0.15, 0.2) is 29.4 Å². The average molecular weight is 306 g/mol. The van der Waals surface area contributed by atoms with Crippen LogP contribution in [-0.4, -0.2) is 71.3 Å². The van der Waals surface area contributed by atoms with Crippen molar-refractivity contribution >= 4 is 17.7 Å². The minimum Gasteiger partial charge on any atom is -0.354 e. The molecular formula is C15H22N4OS. The van der Waals surface area contributed by atoms with Crippen LogP contribution < -0.4 is 5.32 Å². The van der Waals surface area contributed by atoms with Crippen molar-refractivity contribution < 1.29 is 4.79 Å². The van der Waals surface area contributed by atoms with Gasteiger partial charge in [-0.3, -0.25) is 14.6 Å². The zero-order valence-electron chi connectivity index (χ0n) is 12.4. The standard InChI is InChI=1S/C15H22N4OS/c1-12(21-14-4-2-3-5-16-14)15(20)17-10-13-11-18-6-8-19(13)9-7-18/h2-5,12-13H,6-11H2,1H3,(H,17,20)/t12-,13+/m1/s1. The number of pyridine rings is 1. The van der Waals surface area contributed by atoms with E-state index in [0.29, 0.717) is 6.04 Å². The van der Waals surface area contributed by atoms with E-state index in [1.807, 2.05) is 25.1 Å². The fraction of sp³-hybridized carbons (Fsp3) is 0.600. The molecule has 21 heavy (non-hydrogen) atoms. The number of fused-ring (bicyclic) bond motifs is 3. The average Bonchev–Trinajstić information content (AvgIpc) is 2.54. The topological polar surface area (TPSA) is 48.5 Å². The van der Waals surface area contributed by atoms with E-state index in [1.165, 1.54) is 24.9 Å². The van der Waals surface area contributed by atoms with Crippen LogP contribution in [0.5, 0.6) is 0 Å². The Bertz CT molecular complexity index is 476. The molecule has 0 aromatic carbocycles. The van der Waals surface area contributed by atoms with Crippen molar-refractivity contribution in [1.82, 2.24) is 20.1 Å². The lowest BCUT2D eigenvalue weighted by molar-refractivity contribution is -0.120. The molecule has 0 saturated carbocycles. The molecule has 1 amide bonds. The second-order valence-electron chi connectivity index (χ2n) is 5.66.